The Morgan fingerprint density at radius 2 is 2.25 bits per heavy atom. The summed E-state index contributed by atoms with van der Waals surface area (Å²) in [5.41, 5.74) is -0.0371. The molecule has 1 atom stereocenters. The maximum absolute atomic E-state index is 13.4. The molecule has 0 fully saturated rings. The second-order valence-electron chi connectivity index (χ2n) is 4.40. The van der Waals surface area contributed by atoms with Crippen molar-refractivity contribution < 1.29 is 13.6 Å². The van der Waals surface area contributed by atoms with Gasteiger partial charge >= 0.3 is 0 Å². The molecular weight excluding hydrogens is 332 g/mol. The monoisotopic (exact) mass is 343 g/mol. The van der Waals surface area contributed by atoms with Gasteiger partial charge in [-0.25, -0.2) is 8.78 Å². The van der Waals surface area contributed by atoms with Crippen LogP contribution in [-0.4, -0.2) is 15.7 Å². The number of hydrogen-bond donors (Lipinski definition) is 1. The molecular formula is C13H12BrF2N3O. The number of carbonyl (C=O) groups is 1. The van der Waals surface area contributed by atoms with E-state index in [2.05, 4.69) is 26.3 Å². The zero-order valence-corrected chi connectivity index (χ0v) is 12.2. The molecule has 1 N–H and O–H groups in total. The summed E-state index contributed by atoms with van der Waals surface area (Å²) in [6.45, 7) is 2.06. The highest BCUT2D eigenvalue weighted by Gasteiger charge is 2.16. The van der Waals surface area contributed by atoms with Crippen LogP contribution in [0.2, 0.25) is 0 Å². The molecule has 0 radical (unpaired) electrons. The van der Waals surface area contributed by atoms with E-state index >= 15 is 0 Å². The zero-order chi connectivity index (χ0) is 14.7. The van der Waals surface area contributed by atoms with Gasteiger partial charge in [-0.2, -0.15) is 5.10 Å². The van der Waals surface area contributed by atoms with Gasteiger partial charge in [0.25, 0.3) is 0 Å². The third-order valence-electron chi connectivity index (χ3n) is 2.70. The molecule has 0 aliphatic rings. The first kappa shape index (κ1) is 14.6. The van der Waals surface area contributed by atoms with Crippen molar-refractivity contribution in [3.8, 4) is 0 Å². The summed E-state index contributed by atoms with van der Waals surface area (Å²) in [5.74, 6) is -2.25. The quantitative estimate of drug-likeness (QED) is 0.926. The SMILES string of the molecule is C[C@H](Cn1cc(Br)cn1)C(=O)Nc1ccc(F)cc1F. The standard InChI is InChI=1S/C13H12BrF2N3O/c1-8(6-19-7-9(14)5-17-19)13(20)18-12-3-2-10(15)4-11(12)16/h2-5,7-8H,6H2,1H3,(H,18,20)/t8-/m1/s1. The molecule has 0 saturated carbocycles. The van der Waals surface area contributed by atoms with E-state index in [-0.39, 0.29) is 11.6 Å². The van der Waals surface area contributed by atoms with Gasteiger partial charge in [-0.15, -0.1) is 0 Å². The molecule has 20 heavy (non-hydrogen) atoms. The van der Waals surface area contributed by atoms with Crippen LogP contribution in [0, 0.1) is 17.6 Å². The molecule has 1 aromatic heterocycles. The summed E-state index contributed by atoms with van der Waals surface area (Å²) in [6, 6.07) is 3.01. The van der Waals surface area contributed by atoms with Gasteiger partial charge in [0, 0.05) is 12.3 Å². The Hall–Kier alpha value is -1.76. The molecule has 106 valence electrons. The Morgan fingerprint density at radius 1 is 1.50 bits per heavy atom. The first-order chi connectivity index (χ1) is 9.45. The smallest absolute Gasteiger partial charge is 0.229 e. The van der Waals surface area contributed by atoms with Crippen molar-refractivity contribution in [1.82, 2.24) is 9.78 Å². The van der Waals surface area contributed by atoms with Crippen LogP contribution in [0.15, 0.2) is 35.1 Å². The highest BCUT2D eigenvalue weighted by atomic mass is 79.9. The number of rotatable bonds is 4. The summed E-state index contributed by atoms with van der Waals surface area (Å²) in [7, 11) is 0. The molecule has 0 unspecified atom stereocenters. The van der Waals surface area contributed by atoms with Crippen LogP contribution in [0.4, 0.5) is 14.5 Å². The third-order valence-corrected chi connectivity index (χ3v) is 3.11. The van der Waals surface area contributed by atoms with E-state index in [9.17, 15) is 13.6 Å². The van der Waals surface area contributed by atoms with E-state index in [1.54, 1.807) is 24.0 Å². The summed E-state index contributed by atoms with van der Waals surface area (Å²) in [6.07, 6.45) is 3.35. The minimum atomic E-state index is -0.799. The number of aromatic nitrogens is 2. The predicted molar refractivity (Wildman–Crippen MR) is 74.1 cm³/mol. The van der Waals surface area contributed by atoms with Crippen LogP contribution in [0.25, 0.3) is 0 Å². The topological polar surface area (TPSA) is 46.9 Å². The van der Waals surface area contributed by atoms with Gasteiger partial charge in [-0.1, -0.05) is 6.92 Å². The highest BCUT2D eigenvalue weighted by molar-refractivity contribution is 9.10. The number of halogens is 3. The minimum absolute atomic E-state index is 0.0371. The fourth-order valence-corrected chi connectivity index (χ4v) is 1.98. The number of carbonyl (C=O) groups excluding carboxylic acids is 1. The second kappa shape index (κ2) is 6.13. The average Bonchev–Trinajstić information content (AvgIpc) is 2.78. The Labute approximate surface area is 122 Å². The molecule has 1 amide bonds. The van der Waals surface area contributed by atoms with E-state index in [0.29, 0.717) is 6.54 Å². The maximum atomic E-state index is 13.4. The van der Waals surface area contributed by atoms with Gasteiger partial charge in [0.1, 0.15) is 11.6 Å². The average molecular weight is 344 g/mol. The van der Waals surface area contributed by atoms with Crippen LogP contribution in [0.1, 0.15) is 6.92 Å². The van der Waals surface area contributed by atoms with E-state index in [1.165, 1.54) is 6.07 Å². The largest absolute Gasteiger partial charge is 0.323 e. The Bertz CT molecular complexity index is 630. The molecule has 1 heterocycles. The molecule has 2 aromatic rings. The van der Waals surface area contributed by atoms with Gasteiger partial charge in [-0.05, 0) is 28.1 Å². The molecule has 1 aromatic carbocycles. The van der Waals surface area contributed by atoms with Crippen LogP contribution >= 0.6 is 15.9 Å². The minimum Gasteiger partial charge on any atom is -0.323 e. The second-order valence-corrected chi connectivity index (χ2v) is 5.31. The number of amides is 1. The van der Waals surface area contributed by atoms with E-state index in [4.69, 9.17) is 0 Å². The van der Waals surface area contributed by atoms with Crippen molar-refractivity contribution in [3.63, 3.8) is 0 Å². The number of nitrogens with one attached hydrogen (secondary N) is 1. The summed E-state index contributed by atoms with van der Waals surface area (Å²) >= 11 is 3.26. The molecule has 0 bridgehead atoms. The Kier molecular flexibility index (Phi) is 4.49. The van der Waals surface area contributed by atoms with Gasteiger partial charge < -0.3 is 5.32 Å². The number of nitrogens with zero attached hydrogens (tertiary/aromatic N) is 2. The molecule has 7 heteroatoms. The molecule has 0 saturated heterocycles. The lowest BCUT2D eigenvalue weighted by Crippen LogP contribution is -2.25. The maximum Gasteiger partial charge on any atom is 0.229 e. The summed E-state index contributed by atoms with van der Waals surface area (Å²) in [4.78, 5) is 11.9. The predicted octanol–water partition coefficient (Wildman–Crippen LogP) is 3.20. The van der Waals surface area contributed by atoms with Crippen LogP contribution in [0.3, 0.4) is 0 Å². The fraction of sp³-hybridized carbons (Fsp3) is 0.231. The van der Waals surface area contributed by atoms with Gasteiger partial charge in [0.05, 0.1) is 28.8 Å². The number of benzene rings is 1. The first-order valence-corrected chi connectivity index (χ1v) is 6.69. The third kappa shape index (κ3) is 3.63. The van der Waals surface area contributed by atoms with E-state index < -0.39 is 17.6 Å². The Balaban J connectivity index is 2.00. The summed E-state index contributed by atoms with van der Waals surface area (Å²) in [5, 5.41) is 6.47. The lowest BCUT2D eigenvalue weighted by molar-refractivity contribution is -0.119. The number of anilines is 1. The Morgan fingerprint density at radius 3 is 2.85 bits per heavy atom. The van der Waals surface area contributed by atoms with E-state index in [0.717, 1.165) is 16.6 Å². The molecule has 4 nitrogen and oxygen atoms in total. The molecule has 2 rings (SSSR count). The lowest BCUT2D eigenvalue weighted by Gasteiger charge is -2.12. The fourth-order valence-electron chi connectivity index (χ4n) is 1.65. The normalized spacial score (nSPS) is 12.2. The van der Waals surface area contributed by atoms with Gasteiger partial charge in [0.2, 0.25) is 5.91 Å². The van der Waals surface area contributed by atoms with Crippen molar-refractivity contribution in [3.05, 3.63) is 46.7 Å². The van der Waals surface area contributed by atoms with Crippen molar-refractivity contribution in [2.24, 2.45) is 5.92 Å². The molecule has 0 aliphatic heterocycles. The van der Waals surface area contributed by atoms with Crippen molar-refractivity contribution in [2.45, 2.75) is 13.5 Å². The molecule has 0 aliphatic carbocycles. The lowest BCUT2D eigenvalue weighted by atomic mass is 10.1. The van der Waals surface area contributed by atoms with Crippen LogP contribution < -0.4 is 5.32 Å². The molecule has 0 spiro atoms. The van der Waals surface area contributed by atoms with E-state index in [1.807, 2.05) is 0 Å². The van der Waals surface area contributed by atoms with Crippen LogP contribution in [-0.2, 0) is 11.3 Å². The van der Waals surface area contributed by atoms with Crippen molar-refractivity contribution in [1.29, 1.82) is 0 Å². The van der Waals surface area contributed by atoms with Crippen molar-refractivity contribution in [2.75, 3.05) is 5.32 Å². The van der Waals surface area contributed by atoms with Gasteiger partial charge in [0.15, 0.2) is 0 Å². The van der Waals surface area contributed by atoms with Gasteiger partial charge in [-0.3, -0.25) is 9.48 Å². The van der Waals surface area contributed by atoms with Crippen LogP contribution in [0.5, 0.6) is 0 Å². The summed E-state index contributed by atoms with van der Waals surface area (Å²) < 4.78 is 28.6. The first-order valence-electron chi connectivity index (χ1n) is 5.89. The van der Waals surface area contributed by atoms with Crippen molar-refractivity contribution >= 4 is 27.5 Å². The zero-order valence-electron chi connectivity index (χ0n) is 10.6. The highest BCUT2D eigenvalue weighted by Crippen LogP contribution is 2.16. The number of hydrogen-bond acceptors (Lipinski definition) is 2.